The Kier molecular flexibility index (Phi) is 6.72. The van der Waals surface area contributed by atoms with Gasteiger partial charge in [-0.05, 0) is 59.2 Å². The summed E-state index contributed by atoms with van der Waals surface area (Å²) in [5.74, 6) is 0.142. The van der Waals surface area contributed by atoms with E-state index in [-0.39, 0.29) is 30.4 Å². The zero-order valence-electron chi connectivity index (χ0n) is 17.7. The summed E-state index contributed by atoms with van der Waals surface area (Å²) in [6, 6.07) is 12.5. The highest BCUT2D eigenvalue weighted by Gasteiger charge is 2.37. The fourth-order valence-electron chi connectivity index (χ4n) is 4.40. The van der Waals surface area contributed by atoms with Crippen LogP contribution >= 0.6 is 0 Å². The highest BCUT2D eigenvalue weighted by molar-refractivity contribution is 5.75. The molecule has 0 saturated heterocycles. The number of carbonyl (C=O) groups excluding carboxylic acids is 1. The van der Waals surface area contributed by atoms with Gasteiger partial charge in [-0.2, -0.15) is 0 Å². The quantitative estimate of drug-likeness (QED) is 0.459. The van der Waals surface area contributed by atoms with E-state index in [9.17, 15) is 9.18 Å². The standard InChI is InChI=1S/C22H26FN7O2/c1-32-20-9-6-17(30-13-27-28-29-30)10-15(20)11-25-18-7-8-19(26-12-21(24)31)22(18)14-2-4-16(23)5-3-14/h2-6,9-10,13,18-19,22,25-26H,7-8,11-12H2,1H3,(H2,24,31)/t18-,19-,22-/m0/s1. The molecule has 32 heavy (non-hydrogen) atoms. The number of amides is 1. The molecule has 0 bridgehead atoms. The largest absolute Gasteiger partial charge is 0.496 e. The summed E-state index contributed by atoms with van der Waals surface area (Å²) in [5, 5.41) is 18.2. The number of rotatable bonds is 9. The van der Waals surface area contributed by atoms with Crippen molar-refractivity contribution in [3.05, 3.63) is 65.7 Å². The number of nitrogens with one attached hydrogen (secondary N) is 2. The Morgan fingerprint density at radius 1 is 1.19 bits per heavy atom. The van der Waals surface area contributed by atoms with Gasteiger partial charge in [-0.15, -0.1) is 5.10 Å². The molecule has 10 heteroatoms. The van der Waals surface area contributed by atoms with Crippen LogP contribution in [-0.4, -0.2) is 51.9 Å². The first-order chi connectivity index (χ1) is 15.5. The van der Waals surface area contributed by atoms with E-state index in [0.29, 0.717) is 6.54 Å². The molecule has 1 heterocycles. The van der Waals surface area contributed by atoms with E-state index in [1.807, 2.05) is 18.2 Å². The van der Waals surface area contributed by atoms with Gasteiger partial charge in [-0.1, -0.05) is 12.1 Å². The first-order valence-corrected chi connectivity index (χ1v) is 10.5. The second-order valence-electron chi connectivity index (χ2n) is 7.85. The van der Waals surface area contributed by atoms with Gasteiger partial charge in [0.25, 0.3) is 0 Å². The van der Waals surface area contributed by atoms with Gasteiger partial charge in [-0.25, -0.2) is 9.07 Å². The molecule has 0 unspecified atom stereocenters. The average Bonchev–Trinajstić information content (AvgIpc) is 3.47. The highest BCUT2D eigenvalue weighted by atomic mass is 19.1. The molecular formula is C22H26FN7O2. The van der Waals surface area contributed by atoms with Crippen LogP contribution in [0.3, 0.4) is 0 Å². The molecule has 9 nitrogen and oxygen atoms in total. The van der Waals surface area contributed by atoms with Crippen LogP contribution in [0.1, 0.15) is 29.9 Å². The lowest BCUT2D eigenvalue weighted by atomic mass is 9.90. The molecule has 3 aromatic rings. The number of hydrogen-bond donors (Lipinski definition) is 3. The van der Waals surface area contributed by atoms with Crippen LogP contribution < -0.4 is 21.1 Å². The molecule has 1 aromatic heterocycles. The molecule has 1 amide bonds. The van der Waals surface area contributed by atoms with Crippen molar-refractivity contribution >= 4 is 5.91 Å². The average molecular weight is 439 g/mol. The van der Waals surface area contributed by atoms with E-state index in [4.69, 9.17) is 10.5 Å². The summed E-state index contributed by atoms with van der Waals surface area (Å²) >= 11 is 0. The van der Waals surface area contributed by atoms with E-state index >= 15 is 0 Å². The molecule has 4 rings (SSSR count). The Bertz CT molecular complexity index is 1040. The SMILES string of the molecule is COc1ccc(-n2cnnn2)cc1CN[C@H]1CC[C@H](NCC(N)=O)[C@H]1c1ccc(F)cc1. The normalized spacial score (nSPS) is 20.4. The van der Waals surface area contributed by atoms with Gasteiger partial charge in [0.15, 0.2) is 0 Å². The van der Waals surface area contributed by atoms with Crippen LogP contribution in [0.25, 0.3) is 5.69 Å². The van der Waals surface area contributed by atoms with Gasteiger partial charge in [0.2, 0.25) is 5.91 Å². The third kappa shape index (κ3) is 4.92. The fraction of sp³-hybridized carbons (Fsp3) is 0.364. The minimum absolute atomic E-state index is 0.0555. The van der Waals surface area contributed by atoms with Crippen LogP contribution in [0.4, 0.5) is 4.39 Å². The van der Waals surface area contributed by atoms with E-state index in [1.54, 1.807) is 23.9 Å². The number of ether oxygens (including phenoxy) is 1. The summed E-state index contributed by atoms with van der Waals surface area (Å²) in [6.45, 7) is 0.668. The summed E-state index contributed by atoms with van der Waals surface area (Å²) in [7, 11) is 1.64. The van der Waals surface area contributed by atoms with Crippen molar-refractivity contribution < 1.29 is 13.9 Å². The number of hydrogen-bond acceptors (Lipinski definition) is 7. The number of benzene rings is 2. The Balaban J connectivity index is 1.54. The van der Waals surface area contributed by atoms with Gasteiger partial charge in [-0.3, -0.25) is 4.79 Å². The molecule has 3 atom stereocenters. The van der Waals surface area contributed by atoms with E-state index < -0.39 is 5.91 Å². The van der Waals surface area contributed by atoms with Gasteiger partial charge < -0.3 is 21.1 Å². The Morgan fingerprint density at radius 3 is 2.59 bits per heavy atom. The maximum absolute atomic E-state index is 13.5. The minimum atomic E-state index is -0.400. The van der Waals surface area contributed by atoms with Gasteiger partial charge in [0.05, 0.1) is 19.3 Å². The molecule has 1 aliphatic carbocycles. The number of aromatic nitrogens is 4. The topological polar surface area (TPSA) is 120 Å². The molecule has 4 N–H and O–H groups in total. The third-order valence-corrected chi connectivity index (χ3v) is 5.88. The van der Waals surface area contributed by atoms with Crippen molar-refractivity contribution in [1.29, 1.82) is 0 Å². The molecule has 1 aliphatic rings. The maximum atomic E-state index is 13.5. The van der Waals surface area contributed by atoms with Crippen molar-refractivity contribution in [2.45, 2.75) is 37.4 Å². The lowest BCUT2D eigenvalue weighted by Crippen LogP contribution is -2.42. The first-order valence-electron chi connectivity index (χ1n) is 10.5. The Hall–Kier alpha value is -3.37. The number of nitrogens with two attached hydrogens (primary N) is 1. The zero-order valence-corrected chi connectivity index (χ0v) is 17.7. The van der Waals surface area contributed by atoms with Gasteiger partial charge >= 0.3 is 0 Å². The van der Waals surface area contributed by atoms with Crippen LogP contribution in [0.2, 0.25) is 0 Å². The number of nitrogens with zero attached hydrogens (tertiary/aromatic N) is 4. The van der Waals surface area contributed by atoms with Crippen LogP contribution in [0, 0.1) is 5.82 Å². The fourth-order valence-corrected chi connectivity index (χ4v) is 4.40. The van der Waals surface area contributed by atoms with Crippen molar-refractivity contribution in [3.63, 3.8) is 0 Å². The van der Waals surface area contributed by atoms with E-state index in [0.717, 1.165) is 35.4 Å². The Morgan fingerprint density at radius 2 is 1.94 bits per heavy atom. The maximum Gasteiger partial charge on any atom is 0.231 e. The number of halogens is 1. The summed E-state index contributed by atoms with van der Waals surface area (Å²) < 4.78 is 20.6. The summed E-state index contributed by atoms with van der Waals surface area (Å²) in [5.41, 5.74) is 8.14. The van der Waals surface area contributed by atoms with Crippen LogP contribution in [-0.2, 0) is 11.3 Å². The highest BCUT2D eigenvalue weighted by Crippen LogP contribution is 2.36. The molecule has 1 fully saturated rings. The van der Waals surface area contributed by atoms with Crippen molar-refractivity contribution in [2.75, 3.05) is 13.7 Å². The van der Waals surface area contributed by atoms with E-state index in [2.05, 4.69) is 26.2 Å². The monoisotopic (exact) mass is 439 g/mol. The molecule has 0 aliphatic heterocycles. The number of tetrazole rings is 1. The minimum Gasteiger partial charge on any atom is -0.496 e. The van der Waals surface area contributed by atoms with Crippen molar-refractivity contribution in [2.24, 2.45) is 5.73 Å². The van der Waals surface area contributed by atoms with E-state index in [1.165, 1.54) is 18.5 Å². The van der Waals surface area contributed by atoms with Crippen LogP contribution in [0.5, 0.6) is 5.75 Å². The predicted molar refractivity (Wildman–Crippen MR) is 116 cm³/mol. The summed E-state index contributed by atoms with van der Waals surface area (Å²) in [6.07, 6.45) is 3.30. The number of methoxy groups -OCH3 is 1. The lowest BCUT2D eigenvalue weighted by Gasteiger charge is -2.27. The second kappa shape index (κ2) is 9.84. The van der Waals surface area contributed by atoms with Crippen LogP contribution in [0.15, 0.2) is 48.8 Å². The number of primary amides is 1. The Labute approximate surface area is 185 Å². The summed E-state index contributed by atoms with van der Waals surface area (Å²) in [4.78, 5) is 11.3. The lowest BCUT2D eigenvalue weighted by molar-refractivity contribution is -0.117. The molecule has 0 radical (unpaired) electrons. The van der Waals surface area contributed by atoms with Crippen molar-refractivity contribution in [3.8, 4) is 11.4 Å². The second-order valence-corrected chi connectivity index (χ2v) is 7.85. The smallest absolute Gasteiger partial charge is 0.231 e. The third-order valence-electron chi connectivity index (χ3n) is 5.88. The molecular weight excluding hydrogens is 413 g/mol. The molecule has 0 spiro atoms. The number of carbonyl (C=O) groups is 1. The zero-order chi connectivity index (χ0) is 22.5. The molecule has 1 saturated carbocycles. The molecule has 168 valence electrons. The van der Waals surface area contributed by atoms with Crippen molar-refractivity contribution in [1.82, 2.24) is 30.8 Å². The predicted octanol–water partition coefficient (Wildman–Crippen LogP) is 1.29. The molecule has 2 aromatic carbocycles. The first kappa shape index (κ1) is 21.8. The van der Waals surface area contributed by atoms with Gasteiger partial charge in [0, 0.05) is 30.1 Å². The van der Waals surface area contributed by atoms with Gasteiger partial charge in [0.1, 0.15) is 17.9 Å².